The van der Waals surface area contributed by atoms with Crippen LogP contribution in [0.4, 0.5) is 0 Å². The Morgan fingerprint density at radius 1 is 1.28 bits per heavy atom. The highest BCUT2D eigenvalue weighted by atomic mass is 16.5. The second-order valence-corrected chi connectivity index (χ2v) is 6.28. The Morgan fingerprint density at radius 3 is 2.76 bits per heavy atom. The molecule has 0 radical (unpaired) electrons. The van der Waals surface area contributed by atoms with Gasteiger partial charge >= 0.3 is 0 Å². The molecule has 1 aromatic heterocycles. The molecular weight excluding hydrogens is 318 g/mol. The number of morpholine rings is 1. The predicted octanol–water partition coefficient (Wildman–Crippen LogP) is 1.95. The quantitative estimate of drug-likeness (QED) is 0.572. The number of amides is 1. The number of pyridine rings is 1. The first-order valence-corrected chi connectivity index (χ1v) is 9.34. The van der Waals surface area contributed by atoms with E-state index in [9.17, 15) is 4.79 Å². The van der Waals surface area contributed by atoms with Crippen LogP contribution < -0.4 is 0 Å². The summed E-state index contributed by atoms with van der Waals surface area (Å²) in [7, 11) is 0. The zero-order chi connectivity index (χ0) is 17.7. The maximum Gasteiger partial charge on any atom is 0.222 e. The molecule has 6 nitrogen and oxygen atoms in total. The first-order chi connectivity index (χ1) is 12.3. The van der Waals surface area contributed by atoms with E-state index >= 15 is 0 Å². The van der Waals surface area contributed by atoms with Crippen LogP contribution in [0.1, 0.15) is 31.7 Å². The van der Waals surface area contributed by atoms with E-state index in [0.29, 0.717) is 26.2 Å². The molecule has 0 saturated carbocycles. The lowest BCUT2D eigenvalue weighted by molar-refractivity contribution is -0.132. The van der Waals surface area contributed by atoms with Crippen molar-refractivity contribution in [2.45, 2.75) is 32.7 Å². The minimum atomic E-state index is 0.207. The van der Waals surface area contributed by atoms with Gasteiger partial charge in [-0.3, -0.25) is 14.7 Å². The summed E-state index contributed by atoms with van der Waals surface area (Å²) in [6, 6.07) is 3.95. The Labute approximate surface area is 151 Å². The van der Waals surface area contributed by atoms with Crippen LogP contribution in [0.5, 0.6) is 0 Å². The van der Waals surface area contributed by atoms with Crippen molar-refractivity contribution in [3.05, 3.63) is 30.1 Å². The Hall–Kier alpha value is -1.50. The highest BCUT2D eigenvalue weighted by molar-refractivity contribution is 5.76. The SMILES string of the molecule is CCOCCCC(=O)N(CCCN1CCOCC1)Cc1ccncc1. The molecule has 140 valence electrons. The van der Waals surface area contributed by atoms with Crippen LogP contribution in [0.2, 0.25) is 0 Å². The van der Waals surface area contributed by atoms with Crippen molar-refractivity contribution in [3.8, 4) is 0 Å². The number of hydrogen-bond donors (Lipinski definition) is 0. The molecule has 0 bridgehead atoms. The summed E-state index contributed by atoms with van der Waals surface area (Å²) in [6.45, 7) is 9.40. The summed E-state index contributed by atoms with van der Waals surface area (Å²) in [5, 5.41) is 0. The maximum absolute atomic E-state index is 12.6. The van der Waals surface area contributed by atoms with E-state index in [1.807, 2.05) is 24.0 Å². The fourth-order valence-electron chi connectivity index (χ4n) is 2.94. The topological polar surface area (TPSA) is 54.9 Å². The minimum Gasteiger partial charge on any atom is -0.382 e. The van der Waals surface area contributed by atoms with Crippen LogP contribution in [0, 0.1) is 0 Å². The number of carbonyl (C=O) groups excluding carboxylic acids is 1. The van der Waals surface area contributed by atoms with Crippen LogP contribution in [0.15, 0.2) is 24.5 Å². The first kappa shape index (κ1) is 19.8. The molecule has 2 rings (SSSR count). The minimum absolute atomic E-state index is 0.207. The molecule has 1 aliphatic heterocycles. The number of hydrogen-bond acceptors (Lipinski definition) is 5. The van der Waals surface area contributed by atoms with Crippen molar-refractivity contribution < 1.29 is 14.3 Å². The predicted molar refractivity (Wildman–Crippen MR) is 97.3 cm³/mol. The fraction of sp³-hybridized carbons (Fsp3) is 0.684. The highest BCUT2D eigenvalue weighted by Crippen LogP contribution is 2.09. The van der Waals surface area contributed by atoms with Crippen molar-refractivity contribution in [3.63, 3.8) is 0 Å². The second-order valence-electron chi connectivity index (χ2n) is 6.28. The first-order valence-electron chi connectivity index (χ1n) is 9.34. The monoisotopic (exact) mass is 349 g/mol. The maximum atomic E-state index is 12.6. The molecule has 6 heteroatoms. The highest BCUT2D eigenvalue weighted by Gasteiger charge is 2.15. The van der Waals surface area contributed by atoms with Gasteiger partial charge in [0.05, 0.1) is 13.2 Å². The van der Waals surface area contributed by atoms with Crippen molar-refractivity contribution in [2.75, 3.05) is 52.6 Å². The van der Waals surface area contributed by atoms with E-state index in [0.717, 1.165) is 57.8 Å². The van der Waals surface area contributed by atoms with Crippen molar-refractivity contribution in [1.82, 2.24) is 14.8 Å². The van der Waals surface area contributed by atoms with E-state index in [2.05, 4.69) is 9.88 Å². The van der Waals surface area contributed by atoms with Gasteiger partial charge in [-0.05, 0) is 37.5 Å². The zero-order valence-corrected chi connectivity index (χ0v) is 15.4. The number of aromatic nitrogens is 1. The fourth-order valence-corrected chi connectivity index (χ4v) is 2.94. The van der Waals surface area contributed by atoms with Crippen LogP contribution in [0.3, 0.4) is 0 Å². The van der Waals surface area contributed by atoms with E-state index in [-0.39, 0.29) is 5.91 Å². The van der Waals surface area contributed by atoms with Gasteiger partial charge in [-0.1, -0.05) is 0 Å². The molecule has 0 aliphatic carbocycles. The van der Waals surface area contributed by atoms with Gasteiger partial charge in [-0.25, -0.2) is 0 Å². The van der Waals surface area contributed by atoms with Gasteiger partial charge in [0, 0.05) is 64.8 Å². The molecule has 0 N–H and O–H groups in total. The summed E-state index contributed by atoms with van der Waals surface area (Å²) in [5.41, 5.74) is 1.12. The van der Waals surface area contributed by atoms with E-state index < -0.39 is 0 Å². The number of rotatable bonds is 11. The Kier molecular flexibility index (Phi) is 9.47. The summed E-state index contributed by atoms with van der Waals surface area (Å²) < 4.78 is 10.7. The average Bonchev–Trinajstić information content (AvgIpc) is 2.66. The molecule has 1 saturated heterocycles. The van der Waals surface area contributed by atoms with Crippen LogP contribution >= 0.6 is 0 Å². The Morgan fingerprint density at radius 2 is 2.04 bits per heavy atom. The molecule has 1 aromatic rings. The Bertz CT molecular complexity index is 478. The summed E-state index contributed by atoms with van der Waals surface area (Å²) in [4.78, 5) is 21.1. The molecule has 25 heavy (non-hydrogen) atoms. The van der Waals surface area contributed by atoms with Gasteiger partial charge in [-0.2, -0.15) is 0 Å². The molecule has 2 heterocycles. The van der Waals surface area contributed by atoms with Gasteiger partial charge in [-0.15, -0.1) is 0 Å². The van der Waals surface area contributed by atoms with Gasteiger partial charge in [0.1, 0.15) is 0 Å². The number of carbonyl (C=O) groups is 1. The number of ether oxygens (including phenoxy) is 2. The van der Waals surface area contributed by atoms with Crippen LogP contribution in [0.25, 0.3) is 0 Å². The third-order valence-corrected chi connectivity index (χ3v) is 4.37. The van der Waals surface area contributed by atoms with Crippen molar-refractivity contribution >= 4 is 5.91 Å². The molecule has 1 fully saturated rings. The van der Waals surface area contributed by atoms with Crippen LogP contribution in [-0.2, 0) is 20.8 Å². The second kappa shape index (κ2) is 12.0. The van der Waals surface area contributed by atoms with Gasteiger partial charge in [0.2, 0.25) is 5.91 Å². The van der Waals surface area contributed by atoms with Gasteiger partial charge in [0.15, 0.2) is 0 Å². The lowest BCUT2D eigenvalue weighted by Crippen LogP contribution is -2.39. The summed E-state index contributed by atoms with van der Waals surface area (Å²) >= 11 is 0. The molecular formula is C19H31N3O3. The number of nitrogens with zero attached hydrogens (tertiary/aromatic N) is 3. The van der Waals surface area contributed by atoms with Crippen molar-refractivity contribution in [1.29, 1.82) is 0 Å². The Balaban J connectivity index is 1.81. The molecule has 0 unspecified atom stereocenters. The third kappa shape index (κ3) is 7.94. The molecule has 0 spiro atoms. The molecule has 0 atom stereocenters. The normalized spacial score (nSPS) is 15.2. The standard InChI is InChI=1S/C19H31N3O3/c1-2-24-14-3-5-19(23)22(17-18-6-8-20-9-7-18)11-4-10-21-12-15-25-16-13-21/h6-9H,2-5,10-17H2,1H3. The largest absolute Gasteiger partial charge is 0.382 e. The van der Waals surface area contributed by atoms with Crippen molar-refractivity contribution in [2.24, 2.45) is 0 Å². The van der Waals surface area contributed by atoms with Crippen LogP contribution in [-0.4, -0.2) is 73.3 Å². The van der Waals surface area contributed by atoms with E-state index in [1.54, 1.807) is 12.4 Å². The third-order valence-electron chi connectivity index (χ3n) is 4.37. The summed E-state index contributed by atoms with van der Waals surface area (Å²) in [5.74, 6) is 0.207. The van der Waals surface area contributed by atoms with Gasteiger partial charge in [0.25, 0.3) is 0 Å². The van der Waals surface area contributed by atoms with E-state index in [4.69, 9.17) is 9.47 Å². The van der Waals surface area contributed by atoms with E-state index in [1.165, 1.54) is 0 Å². The lowest BCUT2D eigenvalue weighted by Gasteiger charge is -2.28. The smallest absolute Gasteiger partial charge is 0.222 e. The van der Waals surface area contributed by atoms with Gasteiger partial charge < -0.3 is 14.4 Å². The molecule has 1 aliphatic rings. The molecule has 1 amide bonds. The average molecular weight is 349 g/mol. The molecule has 0 aromatic carbocycles. The summed E-state index contributed by atoms with van der Waals surface area (Å²) in [6.07, 6.45) is 5.87. The lowest BCUT2D eigenvalue weighted by atomic mass is 10.2. The zero-order valence-electron chi connectivity index (χ0n) is 15.4.